The molecule has 0 unspecified atom stereocenters. The van der Waals surface area contributed by atoms with Gasteiger partial charge in [0.1, 0.15) is 5.82 Å². The molecule has 1 aromatic carbocycles. The minimum atomic E-state index is -2.72. The molecule has 0 bridgehead atoms. The average Bonchev–Trinajstić information content (AvgIpc) is 3.22. The number of nitrogens with zero attached hydrogens (tertiary/aromatic N) is 6. The maximum absolute atomic E-state index is 13.8. The summed E-state index contributed by atoms with van der Waals surface area (Å²) < 4.78 is 29.4. The summed E-state index contributed by atoms with van der Waals surface area (Å²) in [6.07, 6.45) is 0.466. The van der Waals surface area contributed by atoms with E-state index in [9.17, 15) is 8.78 Å². The van der Waals surface area contributed by atoms with E-state index in [1.54, 1.807) is 9.58 Å². The third-order valence-electron chi connectivity index (χ3n) is 5.04. The summed E-state index contributed by atoms with van der Waals surface area (Å²) in [5.74, 6) is -1.71. The van der Waals surface area contributed by atoms with Gasteiger partial charge in [0, 0.05) is 29.9 Å². The lowest BCUT2D eigenvalue weighted by atomic mass is 9.96. The molecule has 29 heavy (non-hydrogen) atoms. The van der Waals surface area contributed by atoms with Crippen molar-refractivity contribution in [3.05, 3.63) is 40.7 Å². The fourth-order valence-corrected chi connectivity index (χ4v) is 3.62. The van der Waals surface area contributed by atoms with Gasteiger partial charge in [-0.05, 0) is 18.1 Å². The van der Waals surface area contributed by atoms with Crippen LogP contribution in [0.15, 0.2) is 24.3 Å². The van der Waals surface area contributed by atoms with Gasteiger partial charge in [0.25, 0.3) is 5.92 Å². The van der Waals surface area contributed by atoms with E-state index in [2.05, 4.69) is 20.3 Å². The van der Waals surface area contributed by atoms with Crippen molar-refractivity contribution in [1.29, 1.82) is 0 Å². The smallest absolute Gasteiger partial charge is 0.266 e. The standard InChI is InChI=1S/C20H23ClF2N6/c1-19(2,3)18-24-16(28-11-9-20(22,23)12-28)15-17(25-18)29(27-26-15)10-8-13-6-4-5-7-14(13)21/h4-7H,8-12H2,1-3H3. The summed E-state index contributed by atoms with van der Waals surface area (Å²) >= 11 is 6.26. The molecule has 0 N–H and O–H groups in total. The fourth-order valence-electron chi connectivity index (χ4n) is 3.39. The van der Waals surface area contributed by atoms with Gasteiger partial charge in [-0.1, -0.05) is 55.8 Å². The number of aromatic nitrogens is 5. The predicted octanol–water partition coefficient (Wildman–Crippen LogP) is 4.26. The van der Waals surface area contributed by atoms with Crippen molar-refractivity contribution in [3.8, 4) is 0 Å². The molecule has 9 heteroatoms. The Bertz CT molecular complexity index is 1040. The number of hydrogen-bond acceptors (Lipinski definition) is 5. The monoisotopic (exact) mass is 420 g/mol. The summed E-state index contributed by atoms with van der Waals surface area (Å²) in [5.41, 5.74) is 1.67. The first kappa shape index (κ1) is 19.9. The number of rotatable bonds is 4. The minimum Gasteiger partial charge on any atom is -0.348 e. The highest BCUT2D eigenvalue weighted by Gasteiger charge is 2.40. The van der Waals surface area contributed by atoms with E-state index in [4.69, 9.17) is 11.6 Å². The van der Waals surface area contributed by atoms with E-state index in [0.29, 0.717) is 40.8 Å². The van der Waals surface area contributed by atoms with Crippen LogP contribution < -0.4 is 4.90 Å². The van der Waals surface area contributed by atoms with E-state index in [-0.39, 0.29) is 24.9 Å². The lowest BCUT2D eigenvalue weighted by Gasteiger charge is -2.22. The van der Waals surface area contributed by atoms with Crippen molar-refractivity contribution in [3.63, 3.8) is 0 Å². The molecule has 154 valence electrons. The van der Waals surface area contributed by atoms with Gasteiger partial charge in [-0.25, -0.2) is 23.4 Å². The van der Waals surface area contributed by atoms with Gasteiger partial charge in [-0.3, -0.25) is 0 Å². The molecule has 0 saturated carbocycles. The van der Waals surface area contributed by atoms with Crippen LogP contribution in [0.3, 0.4) is 0 Å². The average molecular weight is 421 g/mol. The predicted molar refractivity (Wildman–Crippen MR) is 109 cm³/mol. The topological polar surface area (TPSA) is 59.7 Å². The largest absolute Gasteiger partial charge is 0.348 e. The molecule has 1 fully saturated rings. The quantitative estimate of drug-likeness (QED) is 0.631. The molecule has 3 heterocycles. The zero-order valence-electron chi connectivity index (χ0n) is 16.7. The molecular weight excluding hydrogens is 398 g/mol. The number of aryl methyl sites for hydroxylation is 2. The maximum atomic E-state index is 13.8. The van der Waals surface area contributed by atoms with E-state index < -0.39 is 5.92 Å². The number of halogens is 3. The van der Waals surface area contributed by atoms with E-state index in [1.165, 1.54) is 0 Å². The molecule has 0 aliphatic carbocycles. The normalized spacial score (nSPS) is 16.7. The first-order chi connectivity index (χ1) is 13.6. The molecular formula is C20H23ClF2N6. The van der Waals surface area contributed by atoms with Crippen LogP contribution in [0.2, 0.25) is 5.02 Å². The number of hydrogen-bond donors (Lipinski definition) is 0. The van der Waals surface area contributed by atoms with Crippen molar-refractivity contribution in [1.82, 2.24) is 25.0 Å². The Kier molecular flexibility index (Phi) is 4.93. The Labute approximate surface area is 172 Å². The summed E-state index contributed by atoms with van der Waals surface area (Å²) in [5, 5.41) is 9.17. The van der Waals surface area contributed by atoms with E-state index in [0.717, 1.165) is 5.56 Å². The van der Waals surface area contributed by atoms with Gasteiger partial charge in [0.2, 0.25) is 0 Å². The molecule has 0 atom stereocenters. The Morgan fingerprint density at radius 2 is 1.93 bits per heavy atom. The van der Waals surface area contributed by atoms with Crippen molar-refractivity contribution in [2.24, 2.45) is 0 Å². The highest BCUT2D eigenvalue weighted by molar-refractivity contribution is 6.31. The van der Waals surface area contributed by atoms with Crippen LogP contribution in [0.4, 0.5) is 14.6 Å². The summed E-state index contributed by atoms with van der Waals surface area (Å²) in [6.45, 7) is 6.37. The Balaban J connectivity index is 1.74. The van der Waals surface area contributed by atoms with E-state index in [1.807, 2.05) is 45.0 Å². The molecule has 2 aromatic heterocycles. The highest BCUT2D eigenvalue weighted by atomic mass is 35.5. The molecule has 4 rings (SSSR count). The van der Waals surface area contributed by atoms with Crippen LogP contribution in [0.5, 0.6) is 0 Å². The van der Waals surface area contributed by atoms with Crippen LogP contribution in [0.25, 0.3) is 11.2 Å². The van der Waals surface area contributed by atoms with Gasteiger partial charge in [-0.15, -0.1) is 5.10 Å². The number of fused-ring (bicyclic) bond motifs is 1. The number of alkyl halides is 2. The van der Waals surface area contributed by atoms with Crippen LogP contribution in [-0.4, -0.2) is 44.0 Å². The molecule has 1 saturated heterocycles. The summed E-state index contributed by atoms with van der Waals surface area (Å²) in [7, 11) is 0. The van der Waals surface area contributed by atoms with Gasteiger partial charge in [0.05, 0.1) is 6.54 Å². The molecule has 0 amide bonds. The lowest BCUT2D eigenvalue weighted by molar-refractivity contribution is 0.0257. The second-order valence-corrected chi connectivity index (χ2v) is 8.88. The van der Waals surface area contributed by atoms with Crippen molar-refractivity contribution in [2.75, 3.05) is 18.0 Å². The molecule has 1 aliphatic heterocycles. The van der Waals surface area contributed by atoms with Crippen LogP contribution in [-0.2, 0) is 18.4 Å². The Hall–Kier alpha value is -2.35. The summed E-state index contributed by atoms with van der Waals surface area (Å²) in [6, 6.07) is 7.64. The highest BCUT2D eigenvalue weighted by Crippen LogP contribution is 2.34. The van der Waals surface area contributed by atoms with Crippen LogP contribution in [0.1, 0.15) is 38.6 Å². The maximum Gasteiger partial charge on any atom is 0.266 e. The van der Waals surface area contributed by atoms with Crippen molar-refractivity contribution < 1.29 is 8.78 Å². The van der Waals surface area contributed by atoms with Crippen LogP contribution >= 0.6 is 11.6 Å². The first-order valence-corrected chi connectivity index (χ1v) is 10.00. The van der Waals surface area contributed by atoms with E-state index >= 15 is 0 Å². The molecule has 6 nitrogen and oxygen atoms in total. The molecule has 1 aliphatic rings. The Morgan fingerprint density at radius 3 is 2.59 bits per heavy atom. The lowest BCUT2D eigenvalue weighted by Crippen LogP contribution is -2.27. The second kappa shape index (κ2) is 7.16. The Morgan fingerprint density at radius 1 is 1.17 bits per heavy atom. The zero-order valence-corrected chi connectivity index (χ0v) is 17.4. The van der Waals surface area contributed by atoms with Crippen molar-refractivity contribution in [2.45, 2.75) is 51.5 Å². The molecule has 0 radical (unpaired) electrons. The SMILES string of the molecule is CC(C)(C)c1nc(N2CCC(F)(F)C2)c2nnn(CCc3ccccc3Cl)c2n1. The fraction of sp³-hybridized carbons (Fsp3) is 0.500. The number of anilines is 1. The van der Waals surface area contributed by atoms with Gasteiger partial charge >= 0.3 is 0 Å². The van der Waals surface area contributed by atoms with Gasteiger partial charge in [-0.2, -0.15) is 0 Å². The third-order valence-corrected chi connectivity index (χ3v) is 5.40. The third kappa shape index (κ3) is 4.03. The first-order valence-electron chi connectivity index (χ1n) is 9.62. The summed E-state index contributed by atoms with van der Waals surface area (Å²) in [4.78, 5) is 10.9. The van der Waals surface area contributed by atoms with Gasteiger partial charge in [0.15, 0.2) is 17.0 Å². The van der Waals surface area contributed by atoms with Crippen LogP contribution in [0, 0.1) is 0 Å². The molecule has 0 spiro atoms. The van der Waals surface area contributed by atoms with Crippen molar-refractivity contribution >= 4 is 28.6 Å². The number of benzene rings is 1. The second-order valence-electron chi connectivity index (χ2n) is 8.47. The van der Waals surface area contributed by atoms with Gasteiger partial charge < -0.3 is 4.90 Å². The molecule has 3 aromatic rings. The minimum absolute atomic E-state index is 0.190. The zero-order chi connectivity index (χ0) is 20.8.